The first kappa shape index (κ1) is 13.4. The molecule has 0 unspecified atom stereocenters. The number of Topliss-reactive ketones (excluding diaryl/α,β-unsaturated/α-hetero) is 1. The van der Waals surface area contributed by atoms with Crippen molar-refractivity contribution in [2.24, 2.45) is 0 Å². The smallest absolute Gasteiger partial charge is 0.272 e. The summed E-state index contributed by atoms with van der Waals surface area (Å²) in [5.41, 5.74) is 1.60. The molecule has 0 fully saturated rings. The van der Waals surface area contributed by atoms with Crippen LogP contribution in [0.4, 0.5) is 5.69 Å². The van der Waals surface area contributed by atoms with Crippen LogP contribution in [-0.2, 0) is 0 Å². The zero-order valence-corrected chi connectivity index (χ0v) is 11.5. The van der Waals surface area contributed by atoms with Crippen molar-refractivity contribution in [2.45, 2.75) is 11.8 Å². The molecule has 1 heterocycles. The molecule has 98 valence electrons. The van der Waals surface area contributed by atoms with Gasteiger partial charge in [-0.3, -0.25) is 9.59 Å². The third-order valence-electron chi connectivity index (χ3n) is 2.68. The van der Waals surface area contributed by atoms with Crippen LogP contribution in [0.3, 0.4) is 0 Å². The van der Waals surface area contributed by atoms with Gasteiger partial charge in [0.2, 0.25) is 0 Å². The first-order valence-corrected chi connectivity index (χ1v) is 6.97. The van der Waals surface area contributed by atoms with E-state index in [1.165, 1.54) is 13.1 Å². The summed E-state index contributed by atoms with van der Waals surface area (Å²) in [6.07, 6.45) is 3.53. The fourth-order valence-corrected chi connectivity index (χ4v) is 2.01. The van der Waals surface area contributed by atoms with Gasteiger partial charge in [-0.05, 0) is 43.5 Å². The molecule has 0 aliphatic rings. The number of hydrogen-bond donors (Lipinski definition) is 2. The fourth-order valence-electron chi connectivity index (χ4n) is 1.60. The topological polar surface area (TPSA) is 62.0 Å². The SMILES string of the molecule is CSc1ccc(NC(=O)c2cc(C(C)=O)c[nH]2)cc1. The fraction of sp³-hybridized carbons (Fsp3) is 0.143. The van der Waals surface area contributed by atoms with Gasteiger partial charge < -0.3 is 10.3 Å². The molecule has 1 amide bonds. The third kappa shape index (κ3) is 3.26. The van der Waals surface area contributed by atoms with Crippen LogP contribution in [-0.4, -0.2) is 22.9 Å². The predicted molar refractivity (Wildman–Crippen MR) is 77.0 cm³/mol. The molecule has 1 aromatic carbocycles. The van der Waals surface area contributed by atoms with Gasteiger partial charge in [0.1, 0.15) is 5.69 Å². The van der Waals surface area contributed by atoms with Crippen molar-refractivity contribution in [3.8, 4) is 0 Å². The molecule has 19 heavy (non-hydrogen) atoms. The van der Waals surface area contributed by atoms with Crippen LogP contribution in [0, 0.1) is 0 Å². The standard InChI is InChI=1S/C14H14N2O2S/c1-9(17)10-7-13(15-8-10)14(18)16-11-3-5-12(19-2)6-4-11/h3-8,15H,1-2H3,(H,16,18). The Kier molecular flexibility index (Phi) is 4.06. The summed E-state index contributed by atoms with van der Waals surface area (Å²) in [5, 5.41) is 2.77. The maximum Gasteiger partial charge on any atom is 0.272 e. The molecule has 0 saturated heterocycles. The highest BCUT2D eigenvalue weighted by molar-refractivity contribution is 7.98. The molecule has 5 heteroatoms. The van der Waals surface area contributed by atoms with Crippen molar-refractivity contribution < 1.29 is 9.59 Å². The molecule has 1 aromatic heterocycles. The summed E-state index contributed by atoms with van der Waals surface area (Å²) in [6.45, 7) is 1.46. The van der Waals surface area contributed by atoms with Gasteiger partial charge in [0.05, 0.1) is 0 Å². The molecular formula is C14H14N2O2S. The molecule has 2 N–H and O–H groups in total. The molecule has 4 nitrogen and oxygen atoms in total. The summed E-state index contributed by atoms with van der Waals surface area (Å²) in [4.78, 5) is 27.0. The molecule has 0 aliphatic carbocycles. The Labute approximate surface area is 115 Å². The minimum absolute atomic E-state index is 0.0698. The Balaban J connectivity index is 2.08. The van der Waals surface area contributed by atoms with E-state index in [1.807, 2.05) is 30.5 Å². The van der Waals surface area contributed by atoms with Gasteiger partial charge in [0.25, 0.3) is 5.91 Å². The minimum Gasteiger partial charge on any atom is -0.356 e. The molecule has 0 atom stereocenters. The molecule has 0 radical (unpaired) electrons. The normalized spacial score (nSPS) is 10.2. The second-order valence-corrected chi connectivity index (χ2v) is 4.92. The zero-order valence-electron chi connectivity index (χ0n) is 10.7. The molecule has 0 aliphatic heterocycles. The van der Waals surface area contributed by atoms with Crippen LogP contribution in [0.1, 0.15) is 27.8 Å². The minimum atomic E-state index is -0.260. The number of carbonyl (C=O) groups excluding carboxylic acids is 2. The van der Waals surface area contributed by atoms with Crippen molar-refractivity contribution in [2.75, 3.05) is 11.6 Å². The van der Waals surface area contributed by atoms with Crippen LogP contribution < -0.4 is 5.32 Å². The Morgan fingerprint density at radius 3 is 2.42 bits per heavy atom. The van der Waals surface area contributed by atoms with E-state index < -0.39 is 0 Å². The number of anilines is 1. The number of carbonyl (C=O) groups is 2. The van der Waals surface area contributed by atoms with Crippen molar-refractivity contribution in [3.05, 3.63) is 47.8 Å². The maximum atomic E-state index is 11.9. The monoisotopic (exact) mass is 274 g/mol. The largest absolute Gasteiger partial charge is 0.356 e. The average molecular weight is 274 g/mol. The van der Waals surface area contributed by atoms with E-state index in [2.05, 4.69) is 10.3 Å². The van der Waals surface area contributed by atoms with Crippen LogP contribution in [0.25, 0.3) is 0 Å². The Morgan fingerprint density at radius 2 is 1.89 bits per heavy atom. The van der Waals surface area contributed by atoms with Crippen molar-refractivity contribution in [3.63, 3.8) is 0 Å². The Morgan fingerprint density at radius 1 is 1.21 bits per heavy atom. The van der Waals surface area contributed by atoms with E-state index >= 15 is 0 Å². The summed E-state index contributed by atoms with van der Waals surface area (Å²) in [7, 11) is 0. The second-order valence-electron chi connectivity index (χ2n) is 4.04. The van der Waals surface area contributed by atoms with Crippen molar-refractivity contribution in [1.29, 1.82) is 0 Å². The van der Waals surface area contributed by atoms with E-state index in [4.69, 9.17) is 0 Å². The lowest BCUT2D eigenvalue weighted by Gasteiger charge is -2.04. The number of nitrogens with one attached hydrogen (secondary N) is 2. The van der Waals surface area contributed by atoms with Gasteiger partial charge in [0.15, 0.2) is 5.78 Å². The van der Waals surface area contributed by atoms with E-state index in [-0.39, 0.29) is 11.7 Å². The molecule has 2 rings (SSSR count). The van der Waals surface area contributed by atoms with Crippen LogP contribution in [0.5, 0.6) is 0 Å². The van der Waals surface area contributed by atoms with Gasteiger partial charge in [-0.1, -0.05) is 0 Å². The van der Waals surface area contributed by atoms with E-state index in [9.17, 15) is 9.59 Å². The van der Waals surface area contributed by atoms with Crippen LogP contribution in [0.15, 0.2) is 41.4 Å². The Hall–Kier alpha value is -2.01. The lowest BCUT2D eigenvalue weighted by molar-refractivity contribution is 0.101. The molecule has 2 aromatic rings. The third-order valence-corrected chi connectivity index (χ3v) is 3.43. The van der Waals surface area contributed by atoms with Gasteiger partial charge >= 0.3 is 0 Å². The molecule has 0 bridgehead atoms. The average Bonchev–Trinajstić information content (AvgIpc) is 2.89. The summed E-state index contributed by atoms with van der Waals surface area (Å²) in [5.74, 6) is -0.330. The van der Waals surface area contributed by atoms with E-state index in [0.29, 0.717) is 11.3 Å². The van der Waals surface area contributed by atoms with Gasteiger partial charge in [-0.25, -0.2) is 0 Å². The summed E-state index contributed by atoms with van der Waals surface area (Å²) >= 11 is 1.64. The number of amides is 1. The number of thioether (sulfide) groups is 1. The zero-order chi connectivity index (χ0) is 13.8. The van der Waals surface area contributed by atoms with Crippen LogP contribution in [0.2, 0.25) is 0 Å². The highest BCUT2D eigenvalue weighted by Gasteiger charge is 2.10. The number of ketones is 1. The predicted octanol–water partition coefficient (Wildman–Crippen LogP) is 3.19. The highest BCUT2D eigenvalue weighted by atomic mass is 32.2. The number of hydrogen-bond acceptors (Lipinski definition) is 3. The number of rotatable bonds is 4. The number of aromatic amines is 1. The summed E-state index contributed by atoms with van der Waals surface area (Å²) in [6, 6.07) is 9.12. The second kappa shape index (κ2) is 5.75. The van der Waals surface area contributed by atoms with E-state index in [1.54, 1.807) is 17.8 Å². The van der Waals surface area contributed by atoms with Crippen molar-refractivity contribution >= 4 is 29.1 Å². The molecule has 0 spiro atoms. The first-order chi connectivity index (χ1) is 9.10. The van der Waals surface area contributed by atoms with Crippen molar-refractivity contribution in [1.82, 2.24) is 4.98 Å². The number of benzene rings is 1. The van der Waals surface area contributed by atoms with Gasteiger partial charge in [-0.15, -0.1) is 11.8 Å². The summed E-state index contributed by atoms with van der Waals surface area (Å²) < 4.78 is 0. The lowest BCUT2D eigenvalue weighted by Crippen LogP contribution is -2.12. The molecule has 0 saturated carbocycles. The van der Waals surface area contributed by atoms with Gasteiger partial charge in [0, 0.05) is 22.3 Å². The van der Waals surface area contributed by atoms with Gasteiger partial charge in [-0.2, -0.15) is 0 Å². The van der Waals surface area contributed by atoms with Crippen LogP contribution >= 0.6 is 11.8 Å². The van der Waals surface area contributed by atoms with E-state index in [0.717, 1.165) is 10.6 Å². The Bertz CT molecular complexity index is 602. The highest BCUT2D eigenvalue weighted by Crippen LogP contribution is 2.18. The number of H-pyrrole nitrogens is 1. The first-order valence-electron chi connectivity index (χ1n) is 5.75. The quantitative estimate of drug-likeness (QED) is 0.665. The number of aromatic nitrogens is 1. The lowest BCUT2D eigenvalue weighted by atomic mass is 10.2. The maximum absolute atomic E-state index is 11.9. The molecular weight excluding hydrogens is 260 g/mol.